The first-order valence-corrected chi connectivity index (χ1v) is 17.9. The molecule has 6 heteroatoms. The smallest absolute Gasteiger partial charge is 0.415 e. The third-order valence-electron chi connectivity index (χ3n) is 8.10. The van der Waals surface area contributed by atoms with Crippen LogP contribution < -0.4 is 9.68 Å². The van der Waals surface area contributed by atoms with E-state index in [-0.39, 0.29) is 0 Å². The highest BCUT2D eigenvalue weighted by Gasteiger charge is 2.23. The summed E-state index contributed by atoms with van der Waals surface area (Å²) in [4.78, 5) is 2.38. The summed E-state index contributed by atoms with van der Waals surface area (Å²) in [6, 6.07) is 2.00. The highest BCUT2D eigenvalue weighted by Crippen LogP contribution is 2.33. The molecule has 0 bridgehead atoms. The molecular formula is C36H73BN2O3. The molecule has 0 atom stereocenters. The normalized spacial score (nSPS) is 11.1. The van der Waals surface area contributed by atoms with Crippen molar-refractivity contribution in [2.45, 2.75) is 153 Å². The van der Waals surface area contributed by atoms with Gasteiger partial charge in [-0.1, -0.05) is 102 Å². The molecule has 0 aliphatic carbocycles. The van der Waals surface area contributed by atoms with Gasteiger partial charge in [0.25, 0.3) is 0 Å². The van der Waals surface area contributed by atoms with Crippen molar-refractivity contribution in [1.29, 1.82) is 0 Å². The van der Waals surface area contributed by atoms with E-state index in [0.29, 0.717) is 5.75 Å². The second-order valence-corrected chi connectivity index (χ2v) is 11.7. The van der Waals surface area contributed by atoms with E-state index in [2.05, 4.69) is 81.1 Å². The van der Waals surface area contributed by atoms with Crippen LogP contribution in [0.25, 0.3) is 0 Å². The SMILES string of the molecule is CCC[N+](CCC)(CCC)CCC.CCCc1cc(OB([O-])O)c(CCC)c(CCC)c1CCC.CCN(CC)CC. The zero-order valence-electron chi connectivity index (χ0n) is 30.2. The third kappa shape index (κ3) is 17.3. The fraction of sp³-hybridized carbons (Fsp3) is 0.833. The van der Waals surface area contributed by atoms with Crippen molar-refractivity contribution in [1.82, 2.24) is 4.90 Å². The van der Waals surface area contributed by atoms with Crippen LogP contribution in [0, 0.1) is 0 Å². The van der Waals surface area contributed by atoms with Crippen LogP contribution in [-0.4, -0.2) is 67.5 Å². The maximum absolute atomic E-state index is 11.1. The van der Waals surface area contributed by atoms with E-state index < -0.39 is 7.32 Å². The van der Waals surface area contributed by atoms with E-state index in [4.69, 9.17) is 9.68 Å². The number of aryl methyl sites for hydroxylation is 1. The van der Waals surface area contributed by atoms with Gasteiger partial charge in [-0.2, -0.15) is 0 Å². The second-order valence-electron chi connectivity index (χ2n) is 11.7. The molecule has 0 aliphatic rings. The highest BCUT2D eigenvalue weighted by atomic mass is 16.6. The van der Waals surface area contributed by atoms with E-state index in [1.165, 1.54) is 92.7 Å². The molecule has 248 valence electrons. The molecule has 1 N–H and O–H groups in total. The van der Waals surface area contributed by atoms with Crippen molar-refractivity contribution >= 4 is 7.32 Å². The van der Waals surface area contributed by atoms with E-state index in [1.807, 2.05) is 6.07 Å². The Morgan fingerprint density at radius 2 is 0.976 bits per heavy atom. The zero-order chi connectivity index (χ0) is 32.4. The largest absolute Gasteiger partial charge is 0.820 e. The molecule has 0 saturated heterocycles. The van der Waals surface area contributed by atoms with Crippen LogP contribution in [0.4, 0.5) is 0 Å². The Labute approximate surface area is 264 Å². The van der Waals surface area contributed by atoms with Gasteiger partial charge in [0.2, 0.25) is 0 Å². The maximum Gasteiger partial charge on any atom is 0.415 e. The summed E-state index contributed by atoms with van der Waals surface area (Å²) >= 11 is 0. The number of nitrogens with zero attached hydrogens (tertiary/aromatic N) is 2. The number of hydrogen-bond acceptors (Lipinski definition) is 4. The summed E-state index contributed by atoms with van der Waals surface area (Å²) in [6.07, 6.45) is 13.5. The van der Waals surface area contributed by atoms with Crippen molar-refractivity contribution < 1.29 is 19.2 Å². The van der Waals surface area contributed by atoms with Gasteiger partial charge in [-0.15, -0.1) is 0 Å². The predicted molar refractivity (Wildman–Crippen MR) is 185 cm³/mol. The van der Waals surface area contributed by atoms with E-state index >= 15 is 0 Å². The van der Waals surface area contributed by atoms with Gasteiger partial charge in [0.05, 0.1) is 26.2 Å². The molecule has 0 aromatic heterocycles. The van der Waals surface area contributed by atoms with Crippen LogP contribution in [0.5, 0.6) is 5.75 Å². The molecule has 0 saturated carbocycles. The van der Waals surface area contributed by atoms with Crippen molar-refractivity contribution in [2.24, 2.45) is 0 Å². The summed E-state index contributed by atoms with van der Waals surface area (Å²) in [7, 11) is -2.00. The fourth-order valence-corrected chi connectivity index (χ4v) is 6.44. The van der Waals surface area contributed by atoms with Gasteiger partial charge in [-0.25, -0.2) is 0 Å². The number of quaternary nitrogens is 1. The summed E-state index contributed by atoms with van der Waals surface area (Å²) in [5.41, 5.74) is 5.21. The molecule has 1 rings (SSSR count). The third-order valence-corrected chi connectivity index (χ3v) is 8.10. The van der Waals surface area contributed by atoms with Crippen molar-refractivity contribution in [3.8, 4) is 5.75 Å². The predicted octanol–water partition coefficient (Wildman–Crippen LogP) is 8.00. The summed E-state index contributed by atoms with van der Waals surface area (Å²) in [5.74, 6) is 0.594. The lowest BCUT2D eigenvalue weighted by atomic mass is 9.86. The molecule has 0 amide bonds. The van der Waals surface area contributed by atoms with Gasteiger partial charge in [0.1, 0.15) is 5.75 Å². The van der Waals surface area contributed by atoms with Crippen LogP contribution in [0.1, 0.15) is 150 Å². The van der Waals surface area contributed by atoms with Gasteiger partial charge in [0, 0.05) is 0 Å². The first-order chi connectivity index (χ1) is 20.2. The summed E-state index contributed by atoms with van der Waals surface area (Å²) < 4.78 is 6.58. The first-order valence-electron chi connectivity index (χ1n) is 17.9. The average Bonchev–Trinajstić information content (AvgIpc) is 2.95. The van der Waals surface area contributed by atoms with E-state index in [0.717, 1.165) is 56.9 Å². The van der Waals surface area contributed by atoms with Gasteiger partial charge >= 0.3 is 7.32 Å². The number of benzene rings is 1. The van der Waals surface area contributed by atoms with Gasteiger partial charge < -0.3 is 24.1 Å². The van der Waals surface area contributed by atoms with Crippen LogP contribution in [0.3, 0.4) is 0 Å². The van der Waals surface area contributed by atoms with Crippen LogP contribution >= 0.6 is 0 Å². The van der Waals surface area contributed by atoms with Crippen LogP contribution in [0.2, 0.25) is 0 Å². The Kier molecular flexibility index (Phi) is 28.2. The molecule has 0 aliphatic heterocycles. The standard InChI is InChI=1S/C18H30BO3.C12H28N.C6H15N/c1-5-9-14-13-18(22-19(20)21)17(12-8-4)16(11-7-3)15(14)10-6-2;1-5-9-13(10-6-2,11-7-3)12-8-4;1-4-7(5-2)6-3/h13,20H,5-12H2,1-4H3;5-12H2,1-4H3;4-6H2,1-3H3/q-1;+1;. The molecule has 0 radical (unpaired) electrons. The van der Waals surface area contributed by atoms with E-state index in [1.54, 1.807) is 0 Å². The Morgan fingerprint density at radius 3 is 1.29 bits per heavy atom. The van der Waals surface area contributed by atoms with Gasteiger partial charge in [-0.3, -0.25) is 0 Å². The Bertz CT molecular complexity index is 719. The Balaban J connectivity index is 0. The van der Waals surface area contributed by atoms with Crippen molar-refractivity contribution in [2.75, 3.05) is 45.8 Å². The van der Waals surface area contributed by atoms with Crippen LogP contribution in [-0.2, 0) is 25.7 Å². The monoisotopic (exact) mass is 593 g/mol. The molecule has 0 spiro atoms. The second kappa shape index (κ2) is 27.5. The fourth-order valence-electron chi connectivity index (χ4n) is 6.44. The van der Waals surface area contributed by atoms with Crippen molar-refractivity contribution in [3.05, 3.63) is 28.3 Å². The minimum Gasteiger partial charge on any atom is -0.820 e. The molecule has 1 aromatic carbocycles. The minimum absolute atomic E-state index is 0.594. The summed E-state index contributed by atoms with van der Waals surface area (Å²) in [5, 5.41) is 20.3. The Morgan fingerprint density at radius 1 is 0.595 bits per heavy atom. The Hall–Kier alpha value is -1.08. The molecular weight excluding hydrogens is 519 g/mol. The molecule has 5 nitrogen and oxygen atoms in total. The number of rotatable bonds is 21. The molecule has 42 heavy (non-hydrogen) atoms. The number of hydrogen-bond donors (Lipinski definition) is 1. The lowest BCUT2D eigenvalue weighted by molar-refractivity contribution is -0.928. The van der Waals surface area contributed by atoms with Crippen LogP contribution in [0.15, 0.2) is 6.07 Å². The van der Waals surface area contributed by atoms with Crippen molar-refractivity contribution in [3.63, 3.8) is 0 Å². The quantitative estimate of drug-likeness (QED) is 0.116. The minimum atomic E-state index is -2.00. The zero-order valence-corrected chi connectivity index (χ0v) is 30.2. The van der Waals surface area contributed by atoms with E-state index in [9.17, 15) is 5.02 Å². The first kappa shape index (κ1) is 43.1. The average molecular weight is 593 g/mol. The molecule has 0 heterocycles. The lowest BCUT2D eigenvalue weighted by Gasteiger charge is -2.38. The van der Waals surface area contributed by atoms with Gasteiger partial charge in [-0.05, 0) is 99.3 Å². The van der Waals surface area contributed by atoms with Gasteiger partial charge in [0.15, 0.2) is 0 Å². The molecule has 1 aromatic rings. The maximum atomic E-state index is 11.1. The topological polar surface area (TPSA) is 55.8 Å². The molecule has 0 fully saturated rings. The summed E-state index contributed by atoms with van der Waals surface area (Å²) in [6.45, 7) is 33.6. The lowest BCUT2D eigenvalue weighted by Crippen LogP contribution is -2.50. The molecule has 0 unspecified atom stereocenters. The highest BCUT2D eigenvalue weighted by molar-refractivity contribution is 6.31.